The number of carbonyl (C=O) groups is 2. The van der Waals surface area contributed by atoms with Crippen LogP contribution in [0.1, 0.15) is 114 Å². The Hall–Kier alpha value is -4.19. The lowest BCUT2D eigenvalue weighted by Gasteiger charge is -2.60. The van der Waals surface area contributed by atoms with Gasteiger partial charge in [-0.1, -0.05) is 37.1 Å². The molecule has 0 unspecified atom stereocenters. The Morgan fingerprint density at radius 2 is 1.77 bits per heavy atom. The number of nitrogens with zero attached hydrogens (tertiary/aromatic N) is 2. The third-order valence-corrected chi connectivity index (χ3v) is 11.7. The number of hydrogen-bond donors (Lipinski definition) is 2. The number of unbranched alkanes of at least 4 members (excludes halogenated alkanes) is 2. The van der Waals surface area contributed by atoms with Crippen molar-refractivity contribution in [3.05, 3.63) is 71.8 Å². The summed E-state index contributed by atoms with van der Waals surface area (Å²) in [5, 5.41) is 24.7. The van der Waals surface area contributed by atoms with Gasteiger partial charge in [0.1, 0.15) is 34.6 Å². The monoisotopic (exact) mass is 786 g/mol. The molecule has 0 radical (unpaired) electrons. The van der Waals surface area contributed by atoms with E-state index in [9.17, 15) is 19.8 Å². The zero-order valence-corrected chi connectivity index (χ0v) is 34.4. The van der Waals surface area contributed by atoms with E-state index in [1.54, 1.807) is 24.3 Å². The standard InChI is InChI=1S/C46H62N2O9/c1-7-21-48(44(52)30-15-16-30)41-28-38(47-57-45(3,4)5)36-26-31(13-9-11-22-49)35(14-10-12-23-50)42-37-27-34(55-33-17-19-39(53-6)32(25-33)29-51)18-20-40(37)56-46(41,43(36)42)54-24-8-2/h8,17-20,25-27,29-31,35,41-43,49-50H,2,7,9-16,21-24,28H2,1,3-6H3/t31-,35+,41-,42+,43+,46+/m0/s1. The molecule has 0 spiro atoms. The first kappa shape index (κ1) is 42.4. The summed E-state index contributed by atoms with van der Waals surface area (Å²) >= 11 is 0. The van der Waals surface area contributed by atoms with Gasteiger partial charge in [-0.3, -0.25) is 9.59 Å². The molecule has 3 aliphatic carbocycles. The molecule has 11 heteroatoms. The molecule has 0 saturated heterocycles. The molecule has 310 valence electrons. The first-order valence-corrected chi connectivity index (χ1v) is 20.9. The fraction of sp³-hybridized carbons (Fsp3) is 0.587. The molecule has 2 aromatic carbocycles. The molecule has 6 rings (SSSR count). The maximum atomic E-state index is 14.4. The fourth-order valence-corrected chi connectivity index (χ4v) is 9.13. The molecule has 2 aromatic rings. The smallest absolute Gasteiger partial charge is 0.239 e. The highest BCUT2D eigenvalue weighted by Gasteiger charge is 2.65. The van der Waals surface area contributed by atoms with Gasteiger partial charge in [0.2, 0.25) is 11.7 Å². The van der Waals surface area contributed by atoms with E-state index in [4.69, 9.17) is 28.9 Å². The maximum absolute atomic E-state index is 14.4. The summed E-state index contributed by atoms with van der Waals surface area (Å²) in [5.74, 6) is 0.604. The number of allylic oxidation sites excluding steroid dienone is 1. The third-order valence-electron chi connectivity index (χ3n) is 11.7. The summed E-state index contributed by atoms with van der Waals surface area (Å²) in [6.07, 6.45) is 12.4. The number of fused-ring (bicyclic) bond motifs is 2. The Morgan fingerprint density at radius 3 is 2.42 bits per heavy atom. The van der Waals surface area contributed by atoms with Crippen LogP contribution in [0.5, 0.6) is 23.0 Å². The van der Waals surface area contributed by atoms with E-state index in [2.05, 4.69) is 19.6 Å². The second kappa shape index (κ2) is 18.6. The number of aliphatic hydroxyl groups excluding tert-OH is 2. The van der Waals surface area contributed by atoms with Crippen molar-refractivity contribution in [2.45, 2.75) is 115 Å². The Kier molecular flexibility index (Phi) is 13.8. The highest BCUT2D eigenvalue weighted by atomic mass is 16.7. The van der Waals surface area contributed by atoms with E-state index in [0.29, 0.717) is 54.4 Å². The summed E-state index contributed by atoms with van der Waals surface area (Å²) in [5.41, 5.74) is 2.56. The number of aldehydes is 1. The van der Waals surface area contributed by atoms with E-state index in [-0.39, 0.29) is 49.4 Å². The van der Waals surface area contributed by atoms with E-state index >= 15 is 0 Å². The highest BCUT2D eigenvalue weighted by molar-refractivity contribution is 6.03. The molecule has 1 aliphatic heterocycles. The minimum absolute atomic E-state index is 0.0197. The lowest BCUT2D eigenvalue weighted by Crippen LogP contribution is -2.70. The van der Waals surface area contributed by atoms with Gasteiger partial charge in [-0.25, -0.2) is 0 Å². The number of aliphatic hydroxyl groups is 2. The van der Waals surface area contributed by atoms with Crippen molar-refractivity contribution in [2.24, 2.45) is 28.8 Å². The van der Waals surface area contributed by atoms with Crippen LogP contribution in [0.3, 0.4) is 0 Å². The first-order valence-electron chi connectivity index (χ1n) is 20.9. The van der Waals surface area contributed by atoms with Crippen LogP contribution < -0.4 is 14.2 Å². The second-order valence-electron chi connectivity index (χ2n) is 16.9. The van der Waals surface area contributed by atoms with Crippen LogP contribution in [0, 0.1) is 23.7 Å². The molecule has 1 heterocycles. The maximum Gasteiger partial charge on any atom is 0.239 e. The van der Waals surface area contributed by atoms with Crippen LogP contribution >= 0.6 is 0 Å². The van der Waals surface area contributed by atoms with Gasteiger partial charge in [0.15, 0.2) is 6.29 Å². The van der Waals surface area contributed by atoms with Crippen molar-refractivity contribution in [2.75, 3.05) is 33.5 Å². The summed E-state index contributed by atoms with van der Waals surface area (Å²) in [6, 6.07) is 10.5. The van der Waals surface area contributed by atoms with Gasteiger partial charge in [-0.15, -0.1) is 6.58 Å². The molecule has 1 amide bonds. The van der Waals surface area contributed by atoms with Crippen molar-refractivity contribution in [1.29, 1.82) is 0 Å². The number of methoxy groups -OCH3 is 1. The van der Waals surface area contributed by atoms with Gasteiger partial charge >= 0.3 is 0 Å². The average Bonchev–Trinajstić information content (AvgIpc) is 4.05. The van der Waals surface area contributed by atoms with E-state index in [1.165, 1.54) is 7.11 Å². The Morgan fingerprint density at radius 1 is 1.05 bits per heavy atom. The molecule has 11 nitrogen and oxygen atoms in total. The van der Waals surface area contributed by atoms with Crippen molar-refractivity contribution < 1.29 is 43.6 Å². The van der Waals surface area contributed by atoms with E-state index in [0.717, 1.165) is 68.1 Å². The van der Waals surface area contributed by atoms with Gasteiger partial charge in [0.05, 0.1) is 30.9 Å². The number of ether oxygens (including phenoxy) is 4. The van der Waals surface area contributed by atoms with Crippen LogP contribution in [0.4, 0.5) is 0 Å². The van der Waals surface area contributed by atoms with Gasteiger partial charge in [0, 0.05) is 43.6 Å². The van der Waals surface area contributed by atoms with Crippen LogP contribution in [-0.2, 0) is 14.4 Å². The predicted molar refractivity (Wildman–Crippen MR) is 219 cm³/mol. The molecular formula is C46H62N2O9. The van der Waals surface area contributed by atoms with Crippen LogP contribution in [0.2, 0.25) is 0 Å². The molecule has 2 saturated carbocycles. The summed E-state index contributed by atoms with van der Waals surface area (Å²) in [6.45, 7) is 13.0. The number of rotatable bonds is 20. The number of amides is 1. The number of oxime groups is 1. The minimum atomic E-state index is -1.29. The van der Waals surface area contributed by atoms with Crippen LogP contribution in [-0.4, -0.2) is 83.9 Å². The molecule has 2 fully saturated rings. The predicted octanol–water partition coefficient (Wildman–Crippen LogP) is 8.38. The second-order valence-corrected chi connectivity index (χ2v) is 16.9. The minimum Gasteiger partial charge on any atom is -0.496 e. The first-order chi connectivity index (χ1) is 27.5. The molecule has 0 bridgehead atoms. The van der Waals surface area contributed by atoms with E-state index < -0.39 is 23.3 Å². The Bertz CT molecular complexity index is 1800. The molecule has 0 aromatic heterocycles. The number of hydrogen-bond acceptors (Lipinski definition) is 10. The number of carbonyl (C=O) groups excluding carboxylic acids is 2. The van der Waals surface area contributed by atoms with Gasteiger partial charge in [-0.05, 0) is 120 Å². The average molecular weight is 787 g/mol. The Labute approximate surface area is 338 Å². The largest absolute Gasteiger partial charge is 0.496 e. The SMILES string of the molecule is C=CCO[C@@]12Oc3ccc(Oc4ccc(OC)c(C=O)c4)cc3[C@H]3[C@H](CCCCO)[C@@H](CCCCO)C=C(C(=NOC(C)(C)C)C[C@@H]1N(CCC)C(=O)C1CC1)[C@H]32. The highest BCUT2D eigenvalue weighted by Crippen LogP contribution is 2.62. The van der Waals surface area contributed by atoms with E-state index in [1.807, 2.05) is 43.9 Å². The molecule has 4 aliphatic rings. The van der Waals surface area contributed by atoms with Gasteiger partial charge < -0.3 is 38.9 Å². The number of benzene rings is 2. The zero-order chi connectivity index (χ0) is 40.7. The zero-order valence-electron chi connectivity index (χ0n) is 34.4. The van der Waals surface area contributed by atoms with Crippen molar-refractivity contribution in [1.82, 2.24) is 4.90 Å². The van der Waals surface area contributed by atoms with Crippen molar-refractivity contribution >= 4 is 17.9 Å². The third kappa shape index (κ3) is 9.26. The normalized spacial score (nSPS) is 25.7. The molecule has 57 heavy (non-hydrogen) atoms. The Balaban J connectivity index is 1.58. The molecule has 6 atom stereocenters. The topological polar surface area (TPSA) is 136 Å². The van der Waals surface area contributed by atoms with Gasteiger partial charge in [-0.2, -0.15) is 0 Å². The fourth-order valence-electron chi connectivity index (χ4n) is 9.13. The summed E-state index contributed by atoms with van der Waals surface area (Å²) in [7, 11) is 1.52. The van der Waals surface area contributed by atoms with Crippen LogP contribution in [0.15, 0.2) is 65.9 Å². The lowest BCUT2D eigenvalue weighted by atomic mass is 9.55. The summed E-state index contributed by atoms with van der Waals surface area (Å²) < 4.78 is 26.2. The van der Waals surface area contributed by atoms with Crippen molar-refractivity contribution in [3.8, 4) is 23.0 Å². The van der Waals surface area contributed by atoms with Crippen molar-refractivity contribution in [3.63, 3.8) is 0 Å². The lowest BCUT2D eigenvalue weighted by molar-refractivity contribution is -0.257. The van der Waals surface area contributed by atoms with Crippen LogP contribution in [0.25, 0.3) is 0 Å². The molecule has 2 N–H and O–H groups in total. The molecular weight excluding hydrogens is 725 g/mol. The quantitative estimate of drug-likeness (QED) is 0.0587. The van der Waals surface area contributed by atoms with Gasteiger partial charge in [0.25, 0.3) is 0 Å². The summed E-state index contributed by atoms with van der Waals surface area (Å²) in [4.78, 5) is 34.5.